The summed E-state index contributed by atoms with van der Waals surface area (Å²) in [5, 5.41) is 22.5. The van der Waals surface area contributed by atoms with Crippen molar-refractivity contribution in [2.45, 2.75) is 12.5 Å². The number of Topliss-reactive ketones (excluding diaryl/α,β-unsaturated/α-hetero) is 1. The maximum absolute atomic E-state index is 13.3. The largest absolute Gasteiger partial charge is 0.508 e. The summed E-state index contributed by atoms with van der Waals surface area (Å²) in [6, 6.07) is 18.1. The van der Waals surface area contributed by atoms with Crippen molar-refractivity contribution in [2.24, 2.45) is 0 Å². The zero-order chi connectivity index (χ0) is 26.1. The molecule has 1 atom stereocenters. The number of nitrogens with zero attached hydrogens (tertiary/aromatic N) is 1. The number of ether oxygens (including phenoxy) is 2. The van der Waals surface area contributed by atoms with Crippen molar-refractivity contribution >= 4 is 28.4 Å². The Bertz CT molecular complexity index is 1540. The van der Waals surface area contributed by atoms with Gasteiger partial charge < -0.3 is 29.6 Å². The molecule has 1 amide bonds. The van der Waals surface area contributed by atoms with E-state index in [9.17, 15) is 19.8 Å². The molecule has 188 valence electrons. The first-order valence-corrected chi connectivity index (χ1v) is 11.8. The van der Waals surface area contributed by atoms with E-state index < -0.39 is 17.7 Å². The number of methoxy groups -OCH3 is 2. The maximum Gasteiger partial charge on any atom is 0.295 e. The minimum absolute atomic E-state index is 0.00849. The van der Waals surface area contributed by atoms with Crippen LogP contribution in [0.25, 0.3) is 16.7 Å². The van der Waals surface area contributed by atoms with Gasteiger partial charge in [-0.05, 0) is 53.9 Å². The number of nitrogens with one attached hydrogen (secondary N) is 1. The van der Waals surface area contributed by atoms with Crippen molar-refractivity contribution in [1.82, 2.24) is 9.88 Å². The summed E-state index contributed by atoms with van der Waals surface area (Å²) in [5.41, 5.74) is 2.75. The molecule has 2 heterocycles. The van der Waals surface area contributed by atoms with Gasteiger partial charge in [-0.15, -0.1) is 0 Å². The Hall–Kier alpha value is -4.72. The van der Waals surface area contributed by atoms with Gasteiger partial charge in [-0.3, -0.25) is 9.59 Å². The second-order valence-electron chi connectivity index (χ2n) is 8.77. The molecule has 3 aromatic carbocycles. The molecule has 1 saturated heterocycles. The molecular formula is C29H26N2O6. The van der Waals surface area contributed by atoms with Gasteiger partial charge in [0.05, 0.1) is 25.8 Å². The summed E-state index contributed by atoms with van der Waals surface area (Å²) >= 11 is 0. The second-order valence-corrected chi connectivity index (χ2v) is 8.77. The Balaban J connectivity index is 1.58. The molecule has 8 nitrogen and oxygen atoms in total. The standard InChI is InChI=1S/C29H26N2O6/c1-36-23-11-10-18(15-24(23)37-2)27(33)25-26(17-6-5-7-20(32)14-17)31(29(35)28(25)34)13-12-19-16-30-22-9-4-3-8-21(19)22/h3-11,14-16,26,30,32-33H,12-13H2,1-2H3/b27-25+. The number of rotatable bonds is 7. The molecule has 5 rings (SSSR count). The van der Waals surface area contributed by atoms with Crippen LogP contribution >= 0.6 is 0 Å². The Morgan fingerprint density at radius 3 is 2.51 bits per heavy atom. The van der Waals surface area contributed by atoms with Crippen LogP contribution in [0.15, 0.2) is 78.5 Å². The molecule has 0 saturated carbocycles. The number of fused-ring (bicyclic) bond motifs is 1. The number of hydrogen-bond acceptors (Lipinski definition) is 6. The number of aromatic amines is 1. The van der Waals surface area contributed by atoms with E-state index in [2.05, 4.69) is 4.98 Å². The number of ketones is 1. The van der Waals surface area contributed by atoms with Crippen molar-refractivity contribution in [2.75, 3.05) is 20.8 Å². The topological polar surface area (TPSA) is 112 Å². The number of carbonyl (C=O) groups excluding carboxylic acids is 2. The fourth-order valence-electron chi connectivity index (χ4n) is 4.87. The number of benzene rings is 3. The van der Waals surface area contributed by atoms with Crippen LogP contribution in [0.3, 0.4) is 0 Å². The molecule has 1 aliphatic heterocycles. The third-order valence-electron chi connectivity index (χ3n) is 6.68. The van der Waals surface area contributed by atoms with Crippen molar-refractivity contribution in [1.29, 1.82) is 0 Å². The smallest absolute Gasteiger partial charge is 0.295 e. The SMILES string of the molecule is COc1ccc(/C(O)=C2\C(=O)C(=O)N(CCc3c[nH]c4ccccc34)C2c2cccc(O)c2)cc1OC. The summed E-state index contributed by atoms with van der Waals surface area (Å²) in [6.45, 7) is 0.232. The number of phenols is 1. The van der Waals surface area contributed by atoms with Gasteiger partial charge in [-0.2, -0.15) is 0 Å². The molecule has 4 aromatic rings. The Morgan fingerprint density at radius 2 is 1.76 bits per heavy atom. The van der Waals surface area contributed by atoms with Crippen LogP contribution in [0.5, 0.6) is 17.2 Å². The third-order valence-corrected chi connectivity index (χ3v) is 6.68. The normalized spacial score (nSPS) is 16.9. The average Bonchev–Trinajstić information content (AvgIpc) is 3.44. The number of likely N-dealkylation sites (tertiary alicyclic amines) is 1. The molecule has 1 fully saturated rings. The van der Waals surface area contributed by atoms with Crippen LogP contribution in [0.1, 0.15) is 22.7 Å². The van der Waals surface area contributed by atoms with Crippen LogP contribution < -0.4 is 9.47 Å². The van der Waals surface area contributed by atoms with Gasteiger partial charge in [0, 0.05) is 29.2 Å². The fraction of sp³-hybridized carbons (Fsp3) is 0.172. The van der Waals surface area contributed by atoms with Gasteiger partial charge in [0.25, 0.3) is 11.7 Å². The number of aromatic nitrogens is 1. The lowest BCUT2D eigenvalue weighted by Crippen LogP contribution is -2.31. The monoisotopic (exact) mass is 498 g/mol. The predicted molar refractivity (Wildman–Crippen MR) is 139 cm³/mol. The Morgan fingerprint density at radius 1 is 0.973 bits per heavy atom. The zero-order valence-corrected chi connectivity index (χ0v) is 20.4. The summed E-state index contributed by atoms with van der Waals surface area (Å²) in [7, 11) is 2.97. The van der Waals surface area contributed by atoms with Gasteiger partial charge in [0.2, 0.25) is 0 Å². The molecule has 37 heavy (non-hydrogen) atoms. The van der Waals surface area contributed by atoms with Crippen molar-refractivity contribution in [3.63, 3.8) is 0 Å². The lowest BCUT2D eigenvalue weighted by Gasteiger charge is -2.25. The van der Waals surface area contributed by atoms with Crippen LogP contribution in [0.4, 0.5) is 0 Å². The summed E-state index contributed by atoms with van der Waals surface area (Å²) in [5.74, 6) is -1.01. The molecular weight excluding hydrogens is 472 g/mol. The highest BCUT2D eigenvalue weighted by atomic mass is 16.5. The van der Waals surface area contributed by atoms with Crippen molar-refractivity contribution in [3.05, 3.63) is 95.2 Å². The van der Waals surface area contributed by atoms with E-state index in [0.29, 0.717) is 29.0 Å². The highest BCUT2D eigenvalue weighted by Gasteiger charge is 2.46. The average molecular weight is 499 g/mol. The molecule has 3 N–H and O–H groups in total. The number of H-pyrrole nitrogens is 1. The summed E-state index contributed by atoms with van der Waals surface area (Å²) < 4.78 is 10.6. The minimum Gasteiger partial charge on any atom is -0.508 e. The molecule has 0 spiro atoms. The third kappa shape index (κ3) is 4.27. The first kappa shape index (κ1) is 24.0. The molecule has 0 aliphatic carbocycles. The van der Waals surface area contributed by atoms with E-state index in [4.69, 9.17) is 9.47 Å². The molecule has 1 aliphatic rings. The van der Waals surface area contributed by atoms with E-state index in [1.807, 2.05) is 30.5 Å². The predicted octanol–water partition coefficient (Wildman–Crippen LogP) is 4.56. The van der Waals surface area contributed by atoms with Crippen LogP contribution in [-0.4, -0.2) is 52.6 Å². The number of aliphatic hydroxyl groups is 1. The maximum atomic E-state index is 13.3. The Kier molecular flexibility index (Phi) is 6.31. The number of para-hydroxylation sites is 1. The number of aliphatic hydroxyl groups excluding tert-OH is 1. The number of hydrogen-bond donors (Lipinski definition) is 3. The summed E-state index contributed by atoms with van der Waals surface area (Å²) in [4.78, 5) is 31.3. The van der Waals surface area contributed by atoms with Gasteiger partial charge in [0.15, 0.2) is 11.5 Å². The lowest BCUT2D eigenvalue weighted by molar-refractivity contribution is -0.139. The zero-order valence-electron chi connectivity index (χ0n) is 20.4. The first-order valence-electron chi connectivity index (χ1n) is 11.8. The van der Waals surface area contributed by atoms with Gasteiger partial charge in [-0.25, -0.2) is 0 Å². The Labute approximate surface area is 213 Å². The lowest BCUT2D eigenvalue weighted by atomic mass is 9.95. The van der Waals surface area contributed by atoms with Gasteiger partial charge >= 0.3 is 0 Å². The van der Waals surface area contributed by atoms with E-state index in [1.54, 1.807) is 30.3 Å². The number of carbonyl (C=O) groups is 2. The van der Waals surface area contributed by atoms with Gasteiger partial charge in [-0.1, -0.05) is 30.3 Å². The minimum atomic E-state index is -0.884. The van der Waals surface area contributed by atoms with Gasteiger partial charge in [0.1, 0.15) is 11.5 Å². The second kappa shape index (κ2) is 9.73. The molecule has 1 aromatic heterocycles. The van der Waals surface area contributed by atoms with Crippen molar-refractivity contribution < 1.29 is 29.3 Å². The number of phenolic OH excluding ortho intramolecular Hbond substituents is 1. The molecule has 1 unspecified atom stereocenters. The molecule has 0 bridgehead atoms. The van der Waals surface area contributed by atoms with Crippen LogP contribution in [0, 0.1) is 0 Å². The first-order chi connectivity index (χ1) is 17.9. The highest BCUT2D eigenvalue weighted by molar-refractivity contribution is 6.46. The van der Waals surface area contributed by atoms with Crippen LogP contribution in [0.2, 0.25) is 0 Å². The van der Waals surface area contributed by atoms with E-state index >= 15 is 0 Å². The number of amides is 1. The highest BCUT2D eigenvalue weighted by Crippen LogP contribution is 2.41. The fourth-order valence-corrected chi connectivity index (χ4v) is 4.87. The summed E-state index contributed by atoms with van der Waals surface area (Å²) in [6.07, 6.45) is 2.39. The van der Waals surface area contributed by atoms with Crippen molar-refractivity contribution in [3.8, 4) is 17.2 Å². The quantitative estimate of drug-likeness (QED) is 0.196. The number of aromatic hydroxyl groups is 1. The van der Waals surface area contributed by atoms with E-state index in [-0.39, 0.29) is 23.6 Å². The van der Waals surface area contributed by atoms with E-state index in [1.165, 1.54) is 31.3 Å². The van der Waals surface area contributed by atoms with E-state index in [0.717, 1.165) is 16.5 Å². The molecule has 8 heteroatoms. The molecule has 0 radical (unpaired) electrons. The van der Waals surface area contributed by atoms with Crippen LogP contribution in [-0.2, 0) is 16.0 Å².